The van der Waals surface area contributed by atoms with Gasteiger partial charge in [0.05, 0.1) is 5.69 Å². The van der Waals surface area contributed by atoms with Crippen LogP contribution in [0.3, 0.4) is 0 Å². The minimum atomic E-state index is -0.0168. The van der Waals surface area contributed by atoms with E-state index >= 15 is 0 Å². The average molecular weight is 803 g/mol. The molecule has 9 rings (SSSR count). The van der Waals surface area contributed by atoms with E-state index in [-0.39, 0.29) is 33.8 Å². The molecule has 312 valence electrons. The zero-order chi connectivity index (χ0) is 43.8. The first-order valence-electron chi connectivity index (χ1n) is 22.8. The van der Waals surface area contributed by atoms with Crippen molar-refractivity contribution in [1.82, 2.24) is 0 Å². The second kappa shape index (κ2) is 13.7. The molecule has 6 aromatic rings. The lowest BCUT2D eigenvalue weighted by Gasteiger charge is -2.48. The van der Waals surface area contributed by atoms with Crippen molar-refractivity contribution < 1.29 is 0 Å². The van der Waals surface area contributed by atoms with Crippen molar-refractivity contribution in [2.75, 3.05) is 9.80 Å². The van der Waals surface area contributed by atoms with Crippen molar-refractivity contribution in [3.63, 3.8) is 0 Å². The first-order valence-corrected chi connectivity index (χ1v) is 22.8. The van der Waals surface area contributed by atoms with Gasteiger partial charge in [0.25, 0.3) is 6.71 Å². The first-order chi connectivity index (χ1) is 28.5. The zero-order valence-electron chi connectivity index (χ0n) is 39.8. The third-order valence-corrected chi connectivity index (χ3v) is 14.5. The number of nitrogens with zero attached hydrogens (tertiary/aromatic N) is 2. The highest BCUT2D eigenvalue weighted by Gasteiger charge is 2.47. The van der Waals surface area contributed by atoms with Gasteiger partial charge in [-0.3, -0.25) is 0 Å². The number of fused-ring (bicyclic) bond motifs is 5. The smallest absolute Gasteiger partial charge is 0.252 e. The van der Waals surface area contributed by atoms with Crippen molar-refractivity contribution in [2.24, 2.45) is 0 Å². The van der Waals surface area contributed by atoms with Gasteiger partial charge in [0.1, 0.15) is 0 Å². The summed E-state index contributed by atoms with van der Waals surface area (Å²) in [5, 5.41) is 0. The molecule has 2 heterocycles. The summed E-state index contributed by atoms with van der Waals surface area (Å²) in [6.45, 7) is 35.6. The molecule has 2 nitrogen and oxygen atoms in total. The summed E-state index contributed by atoms with van der Waals surface area (Å²) in [6, 6.07) is 43.2. The topological polar surface area (TPSA) is 6.48 Å². The largest absolute Gasteiger partial charge is 0.311 e. The molecule has 0 radical (unpaired) electrons. The number of rotatable bonds is 3. The summed E-state index contributed by atoms with van der Waals surface area (Å²) < 4.78 is 0. The number of benzene rings is 6. The Hall–Kier alpha value is -5.02. The lowest BCUT2D eigenvalue weighted by Crippen LogP contribution is -2.62. The van der Waals surface area contributed by atoms with E-state index in [1.807, 2.05) is 0 Å². The molecule has 2 aliphatic heterocycles. The molecule has 0 bridgehead atoms. The SMILES string of the molecule is Cc1cc2c3c(c1)N(c1ccc(C(C)(C)C)cc1-c1ccccc1)c1ccc(C(C)(C)C)cc1B3c1cc3c(cc1N2c1ccc(C(C)(C)C)cc1C)C(C)(C)CCC3(C)C. The normalized spacial score (nSPS) is 16.5. The molecule has 0 amide bonds. The van der Waals surface area contributed by atoms with Crippen molar-refractivity contribution in [3.8, 4) is 11.1 Å². The van der Waals surface area contributed by atoms with Crippen LogP contribution in [0, 0.1) is 13.8 Å². The maximum Gasteiger partial charge on any atom is 0.252 e. The Morgan fingerprint density at radius 3 is 1.49 bits per heavy atom. The third kappa shape index (κ3) is 6.77. The van der Waals surface area contributed by atoms with Crippen molar-refractivity contribution in [3.05, 3.63) is 148 Å². The highest BCUT2D eigenvalue weighted by Crippen LogP contribution is 2.52. The van der Waals surface area contributed by atoms with Crippen molar-refractivity contribution in [2.45, 2.75) is 144 Å². The Bertz CT molecular complexity index is 2730. The summed E-state index contributed by atoms with van der Waals surface area (Å²) >= 11 is 0. The molecular weight excluding hydrogens is 735 g/mol. The van der Waals surface area contributed by atoms with Gasteiger partial charge in [-0.1, -0.05) is 157 Å². The Morgan fingerprint density at radius 2 is 0.934 bits per heavy atom. The molecule has 6 aromatic carbocycles. The Kier molecular flexibility index (Phi) is 9.31. The zero-order valence-corrected chi connectivity index (χ0v) is 39.8. The van der Waals surface area contributed by atoms with Crippen molar-refractivity contribution >= 4 is 57.2 Å². The second-order valence-electron chi connectivity index (χ2n) is 23.2. The minimum absolute atomic E-state index is 0.00314. The number of hydrogen-bond donors (Lipinski definition) is 0. The van der Waals surface area contributed by atoms with Crippen LogP contribution in [0.4, 0.5) is 34.1 Å². The monoisotopic (exact) mass is 803 g/mol. The van der Waals surface area contributed by atoms with E-state index < -0.39 is 0 Å². The van der Waals surface area contributed by atoms with Gasteiger partial charge >= 0.3 is 0 Å². The van der Waals surface area contributed by atoms with Gasteiger partial charge in [-0.05, 0) is 157 Å². The molecule has 61 heavy (non-hydrogen) atoms. The van der Waals surface area contributed by atoms with E-state index in [2.05, 4.69) is 223 Å². The predicted molar refractivity (Wildman–Crippen MR) is 267 cm³/mol. The quantitative estimate of drug-likeness (QED) is 0.164. The lowest BCUT2D eigenvalue weighted by atomic mass is 9.33. The van der Waals surface area contributed by atoms with E-state index in [1.54, 1.807) is 0 Å². The number of hydrogen-bond acceptors (Lipinski definition) is 2. The van der Waals surface area contributed by atoms with Crippen LogP contribution in [0.1, 0.15) is 142 Å². The van der Waals surface area contributed by atoms with E-state index in [1.165, 1.54) is 113 Å². The lowest BCUT2D eigenvalue weighted by molar-refractivity contribution is 0.332. The van der Waals surface area contributed by atoms with E-state index in [0.717, 1.165) is 0 Å². The fraction of sp³-hybridized carbons (Fsp3) is 0.379. The number of aryl methyl sites for hydroxylation is 2. The molecule has 0 unspecified atom stereocenters. The molecule has 3 heteroatoms. The molecule has 0 N–H and O–H groups in total. The highest BCUT2D eigenvalue weighted by atomic mass is 15.2. The van der Waals surface area contributed by atoms with E-state index in [4.69, 9.17) is 0 Å². The molecule has 0 atom stereocenters. The summed E-state index contributed by atoms with van der Waals surface area (Å²) in [4.78, 5) is 5.29. The summed E-state index contributed by atoms with van der Waals surface area (Å²) in [5.41, 5.74) is 24.1. The average Bonchev–Trinajstić information content (AvgIpc) is 3.18. The minimum Gasteiger partial charge on any atom is -0.311 e. The van der Waals surface area contributed by atoms with Crippen LogP contribution < -0.4 is 26.2 Å². The Morgan fingerprint density at radius 1 is 0.459 bits per heavy atom. The Balaban J connectivity index is 1.43. The first kappa shape index (κ1) is 41.3. The van der Waals surface area contributed by atoms with Gasteiger partial charge in [0.2, 0.25) is 0 Å². The maximum atomic E-state index is 2.67. The van der Waals surface area contributed by atoms with Crippen LogP contribution >= 0.6 is 0 Å². The van der Waals surface area contributed by atoms with Crippen LogP contribution in [0.15, 0.2) is 109 Å². The summed E-state index contributed by atoms with van der Waals surface area (Å²) in [6.07, 6.45) is 2.36. The van der Waals surface area contributed by atoms with Gasteiger partial charge < -0.3 is 9.80 Å². The molecule has 0 spiro atoms. The van der Waals surface area contributed by atoms with Gasteiger partial charge in [0, 0.05) is 34.0 Å². The Labute approximate surface area is 368 Å². The summed E-state index contributed by atoms with van der Waals surface area (Å²) in [5.74, 6) is 0. The van der Waals surface area contributed by atoms with Crippen LogP contribution in [0.2, 0.25) is 0 Å². The molecule has 0 fully saturated rings. The molecule has 0 aromatic heterocycles. The van der Waals surface area contributed by atoms with Crippen LogP contribution in [0.25, 0.3) is 11.1 Å². The molecule has 0 saturated carbocycles. The third-order valence-electron chi connectivity index (χ3n) is 14.5. The summed E-state index contributed by atoms with van der Waals surface area (Å²) in [7, 11) is 0. The molecule has 1 aliphatic carbocycles. The van der Waals surface area contributed by atoms with Crippen LogP contribution in [-0.2, 0) is 27.1 Å². The predicted octanol–water partition coefficient (Wildman–Crippen LogP) is 14.3. The number of anilines is 6. The fourth-order valence-corrected chi connectivity index (χ4v) is 10.6. The van der Waals surface area contributed by atoms with Crippen LogP contribution in [0.5, 0.6) is 0 Å². The van der Waals surface area contributed by atoms with E-state index in [0.29, 0.717) is 0 Å². The molecule has 0 saturated heterocycles. The van der Waals surface area contributed by atoms with Gasteiger partial charge in [-0.15, -0.1) is 0 Å². The van der Waals surface area contributed by atoms with Crippen molar-refractivity contribution in [1.29, 1.82) is 0 Å². The maximum absolute atomic E-state index is 2.67. The molecule has 3 aliphatic rings. The molecular formula is C58H67BN2. The van der Waals surface area contributed by atoms with Crippen LogP contribution in [-0.4, -0.2) is 6.71 Å². The van der Waals surface area contributed by atoms with Gasteiger partial charge in [-0.2, -0.15) is 0 Å². The fourth-order valence-electron chi connectivity index (χ4n) is 10.6. The van der Waals surface area contributed by atoms with Gasteiger partial charge in [0.15, 0.2) is 0 Å². The van der Waals surface area contributed by atoms with Gasteiger partial charge in [-0.25, -0.2) is 0 Å². The second-order valence-corrected chi connectivity index (χ2v) is 23.2. The highest BCUT2D eigenvalue weighted by molar-refractivity contribution is 7.00. The standard InChI is InChI=1S/C58H67BN2/c1-36-29-51-53-52(30-36)61(48-25-22-40(55(6,7)8)32-42(48)38-19-17-16-18-20-38)49-26-23-41(56(9,10)11)33-45(49)59(53)46-34-43-44(58(14,15)28-27-57(43,12)13)35-50(46)60(51)47-24-21-39(31-37(47)2)54(3,4)5/h16-26,29-35H,27-28H2,1-15H3. The van der Waals surface area contributed by atoms with E-state index in [9.17, 15) is 0 Å².